The lowest BCUT2D eigenvalue weighted by atomic mass is 9.74. The molecule has 0 radical (unpaired) electrons. The van der Waals surface area contributed by atoms with Crippen LogP contribution in [0.25, 0.3) is 0 Å². The molecule has 2 aliphatic heterocycles. The zero-order chi connectivity index (χ0) is 28.0. The SMILES string of the molecule is O=C(NC1CCC(CN2C(=O)C3(CN(C(=O)c4csnn4)C3)c3ccccc32)CC1)c1cc(Cl)cnc1C(F)F. The van der Waals surface area contributed by atoms with Crippen molar-refractivity contribution in [3.8, 4) is 0 Å². The lowest BCUT2D eigenvalue weighted by molar-refractivity contribution is -0.128. The molecule has 40 heavy (non-hydrogen) atoms. The van der Waals surface area contributed by atoms with E-state index in [4.69, 9.17) is 11.6 Å². The quantitative estimate of drug-likeness (QED) is 0.463. The fourth-order valence-electron chi connectivity index (χ4n) is 6.07. The standard InChI is InChI=1S/C27H25ClF2N6O3S/c28-16-9-18(22(23(29)30)31-10-16)24(37)32-17-7-5-15(6-8-17)11-36-21-4-2-1-3-19(21)27(26(36)39)13-35(14-27)25(38)20-12-40-34-33-20/h1-4,9-10,12,15,17,23H,5-8,11,13-14H2,(H,32,37). The Morgan fingerprint density at radius 2 is 1.93 bits per heavy atom. The number of amides is 3. The van der Waals surface area contributed by atoms with Crippen LogP contribution in [0.2, 0.25) is 5.02 Å². The van der Waals surface area contributed by atoms with Crippen LogP contribution < -0.4 is 10.2 Å². The number of benzene rings is 1. The van der Waals surface area contributed by atoms with Crippen molar-refractivity contribution in [2.24, 2.45) is 5.92 Å². The van der Waals surface area contributed by atoms with E-state index in [1.165, 1.54) is 6.07 Å². The van der Waals surface area contributed by atoms with E-state index in [0.29, 0.717) is 32.5 Å². The number of pyridine rings is 1. The first-order chi connectivity index (χ1) is 19.3. The summed E-state index contributed by atoms with van der Waals surface area (Å²) < 4.78 is 30.5. The van der Waals surface area contributed by atoms with Gasteiger partial charge in [0.15, 0.2) is 5.69 Å². The third-order valence-corrected chi connectivity index (χ3v) is 8.82. The summed E-state index contributed by atoms with van der Waals surface area (Å²) in [7, 11) is 0. The number of para-hydroxylation sites is 1. The van der Waals surface area contributed by atoms with Crippen molar-refractivity contribution in [3.05, 3.63) is 69.4 Å². The highest BCUT2D eigenvalue weighted by Gasteiger charge is 2.59. The van der Waals surface area contributed by atoms with E-state index in [1.54, 1.807) is 10.3 Å². The lowest BCUT2D eigenvalue weighted by Gasteiger charge is -2.46. The van der Waals surface area contributed by atoms with E-state index in [1.807, 2.05) is 29.2 Å². The van der Waals surface area contributed by atoms with Gasteiger partial charge in [-0.25, -0.2) is 8.78 Å². The normalized spacial score (nSPS) is 21.4. The fraction of sp³-hybridized carbons (Fsp3) is 0.407. The fourth-order valence-corrected chi connectivity index (χ4v) is 6.66. The van der Waals surface area contributed by atoms with Crippen LogP contribution in [0, 0.1) is 5.92 Å². The average molecular weight is 587 g/mol. The average Bonchev–Trinajstić information content (AvgIpc) is 3.54. The Hall–Kier alpha value is -3.51. The number of halogens is 3. The zero-order valence-corrected chi connectivity index (χ0v) is 22.8. The lowest BCUT2D eigenvalue weighted by Crippen LogP contribution is -2.65. The number of hydrogen-bond acceptors (Lipinski definition) is 7. The maximum Gasteiger partial charge on any atom is 0.281 e. The molecule has 3 amide bonds. The molecule has 1 spiro atoms. The van der Waals surface area contributed by atoms with E-state index in [0.717, 1.165) is 41.8 Å². The molecular formula is C27H25ClF2N6O3S. The third-order valence-electron chi connectivity index (χ3n) is 8.11. The van der Waals surface area contributed by atoms with Gasteiger partial charge in [-0.05, 0) is 60.8 Å². The van der Waals surface area contributed by atoms with Gasteiger partial charge in [0.1, 0.15) is 11.1 Å². The Bertz CT molecular complexity index is 1460. The molecule has 2 fully saturated rings. The predicted octanol–water partition coefficient (Wildman–Crippen LogP) is 4.25. The van der Waals surface area contributed by atoms with Crippen molar-refractivity contribution in [3.63, 3.8) is 0 Å². The highest BCUT2D eigenvalue weighted by atomic mass is 35.5. The van der Waals surface area contributed by atoms with Crippen LogP contribution in [0.15, 0.2) is 41.9 Å². The summed E-state index contributed by atoms with van der Waals surface area (Å²) in [4.78, 5) is 46.4. The number of nitrogens with one attached hydrogen (secondary N) is 1. The largest absolute Gasteiger partial charge is 0.349 e. The van der Waals surface area contributed by atoms with Gasteiger partial charge in [-0.1, -0.05) is 34.3 Å². The molecule has 4 heterocycles. The van der Waals surface area contributed by atoms with Gasteiger partial charge in [0.05, 0.1) is 10.6 Å². The Kier molecular flexibility index (Phi) is 6.99. The van der Waals surface area contributed by atoms with Crippen molar-refractivity contribution in [1.29, 1.82) is 0 Å². The molecule has 13 heteroatoms. The van der Waals surface area contributed by atoms with E-state index in [-0.39, 0.29) is 40.1 Å². The van der Waals surface area contributed by atoms with Crippen molar-refractivity contribution >= 4 is 46.5 Å². The smallest absolute Gasteiger partial charge is 0.281 e. The van der Waals surface area contributed by atoms with Gasteiger partial charge < -0.3 is 15.1 Å². The number of alkyl halides is 2. The molecule has 9 nitrogen and oxygen atoms in total. The van der Waals surface area contributed by atoms with Gasteiger partial charge in [-0.3, -0.25) is 19.4 Å². The van der Waals surface area contributed by atoms with Crippen LogP contribution in [0.5, 0.6) is 0 Å². The van der Waals surface area contributed by atoms with Gasteiger partial charge in [-0.15, -0.1) is 5.10 Å². The number of carbonyl (C=O) groups is 3. The van der Waals surface area contributed by atoms with Crippen LogP contribution >= 0.6 is 23.1 Å². The number of rotatable bonds is 6. The Morgan fingerprint density at radius 3 is 2.62 bits per heavy atom. The van der Waals surface area contributed by atoms with Gasteiger partial charge in [0.25, 0.3) is 18.2 Å². The first-order valence-corrected chi connectivity index (χ1v) is 14.2. The minimum absolute atomic E-state index is 0.00226. The Balaban J connectivity index is 1.09. The van der Waals surface area contributed by atoms with Crippen molar-refractivity contribution < 1.29 is 23.2 Å². The number of anilines is 1. The second-order valence-corrected chi connectivity index (χ2v) is 11.6. The number of aromatic nitrogens is 3. The molecule has 3 aliphatic rings. The zero-order valence-electron chi connectivity index (χ0n) is 21.2. The first-order valence-electron chi connectivity index (χ1n) is 13.0. The molecule has 1 saturated heterocycles. The topological polar surface area (TPSA) is 108 Å². The number of hydrogen-bond donors (Lipinski definition) is 1. The maximum atomic E-state index is 13.8. The van der Waals surface area contributed by atoms with E-state index in [9.17, 15) is 23.2 Å². The number of nitrogens with zero attached hydrogens (tertiary/aromatic N) is 5. The van der Waals surface area contributed by atoms with Crippen LogP contribution in [0.3, 0.4) is 0 Å². The van der Waals surface area contributed by atoms with E-state index in [2.05, 4.69) is 19.9 Å². The number of likely N-dealkylation sites (tertiary alicyclic amines) is 1. The van der Waals surface area contributed by atoms with Crippen molar-refractivity contribution in [1.82, 2.24) is 24.8 Å². The molecule has 0 atom stereocenters. The summed E-state index contributed by atoms with van der Waals surface area (Å²) in [5.74, 6) is -0.629. The maximum absolute atomic E-state index is 13.8. The van der Waals surface area contributed by atoms with Crippen molar-refractivity contribution in [2.45, 2.75) is 43.6 Å². The summed E-state index contributed by atoms with van der Waals surface area (Å²) >= 11 is 7.01. The highest BCUT2D eigenvalue weighted by Crippen LogP contribution is 2.48. The van der Waals surface area contributed by atoms with Gasteiger partial charge in [-0.2, -0.15) is 0 Å². The van der Waals surface area contributed by atoms with Crippen LogP contribution in [-0.4, -0.2) is 62.9 Å². The third kappa shape index (κ3) is 4.62. The molecule has 0 unspecified atom stereocenters. The summed E-state index contributed by atoms with van der Waals surface area (Å²) in [5.41, 5.74) is 0.540. The van der Waals surface area contributed by atoms with E-state index >= 15 is 0 Å². The molecule has 6 rings (SSSR count). The summed E-state index contributed by atoms with van der Waals surface area (Å²) in [6.45, 7) is 1.14. The van der Waals surface area contributed by atoms with E-state index < -0.39 is 23.4 Å². The summed E-state index contributed by atoms with van der Waals surface area (Å²) in [6.07, 6.45) is 1.06. The minimum atomic E-state index is -2.89. The molecule has 1 saturated carbocycles. The van der Waals surface area contributed by atoms with Crippen LogP contribution in [-0.2, 0) is 10.2 Å². The first kappa shape index (κ1) is 26.7. The highest BCUT2D eigenvalue weighted by molar-refractivity contribution is 7.03. The predicted molar refractivity (Wildman–Crippen MR) is 144 cm³/mol. The molecular weight excluding hydrogens is 562 g/mol. The van der Waals surface area contributed by atoms with Gasteiger partial charge in [0, 0.05) is 42.9 Å². The second kappa shape index (κ2) is 10.5. The number of carbonyl (C=O) groups excluding carboxylic acids is 3. The molecule has 1 aliphatic carbocycles. The Morgan fingerprint density at radius 1 is 1.18 bits per heavy atom. The summed E-state index contributed by atoms with van der Waals surface area (Å²) in [5, 5.41) is 8.44. The van der Waals surface area contributed by atoms with Crippen molar-refractivity contribution in [2.75, 3.05) is 24.5 Å². The molecule has 3 aromatic rings. The monoisotopic (exact) mass is 586 g/mol. The number of fused-ring (bicyclic) bond motifs is 2. The molecule has 208 valence electrons. The minimum Gasteiger partial charge on any atom is -0.349 e. The molecule has 0 bridgehead atoms. The molecule has 2 aromatic heterocycles. The van der Waals surface area contributed by atoms with Crippen LogP contribution in [0.4, 0.5) is 14.5 Å². The summed E-state index contributed by atoms with van der Waals surface area (Å²) in [6, 6.07) is 8.77. The second-order valence-electron chi connectivity index (χ2n) is 10.5. The van der Waals surface area contributed by atoms with Crippen LogP contribution in [0.1, 0.15) is 64.2 Å². The molecule has 1 aromatic carbocycles. The Labute approximate surface area is 237 Å². The molecule has 1 N–H and O–H groups in total. The van der Waals surface area contributed by atoms with Gasteiger partial charge in [0.2, 0.25) is 5.91 Å². The van der Waals surface area contributed by atoms with Gasteiger partial charge >= 0.3 is 0 Å².